The Morgan fingerprint density at radius 3 is 1.67 bits per heavy atom. The topological polar surface area (TPSA) is 36.9 Å². The van der Waals surface area contributed by atoms with Crippen molar-refractivity contribution in [3.8, 4) is 0 Å². The summed E-state index contributed by atoms with van der Waals surface area (Å²) in [6, 6.07) is 0. The first kappa shape index (κ1) is 20.8. The van der Waals surface area contributed by atoms with Crippen molar-refractivity contribution in [2.75, 3.05) is 33.0 Å². The molecule has 21 heavy (non-hydrogen) atoms. The first-order valence-corrected chi connectivity index (χ1v) is 8.52. The van der Waals surface area contributed by atoms with E-state index in [0.29, 0.717) is 19.8 Å². The summed E-state index contributed by atoms with van der Waals surface area (Å²) in [4.78, 5) is 0. The summed E-state index contributed by atoms with van der Waals surface area (Å²) < 4.78 is 22.6. The average Bonchev–Trinajstić information content (AvgIpc) is 2.47. The van der Waals surface area contributed by atoms with Crippen LogP contribution in [0.4, 0.5) is 0 Å². The van der Waals surface area contributed by atoms with Gasteiger partial charge in [-0.2, -0.15) is 0 Å². The molecule has 3 unspecified atom stereocenters. The third kappa shape index (κ3) is 14.5. The summed E-state index contributed by atoms with van der Waals surface area (Å²) in [7, 11) is 0. The molecule has 0 saturated heterocycles. The molecule has 0 aliphatic heterocycles. The Morgan fingerprint density at radius 1 is 0.619 bits per heavy atom. The maximum Gasteiger partial charge on any atom is 0.0781 e. The highest BCUT2D eigenvalue weighted by atomic mass is 16.6. The molecule has 128 valence electrons. The van der Waals surface area contributed by atoms with Crippen molar-refractivity contribution in [2.24, 2.45) is 0 Å². The van der Waals surface area contributed by atoms with Crippen LogP contribution in [0.15, 0.2) is 0 Å². The van der Waals surface area contributed by atoms with Crippen molar-refractivity contribution in [2.45, 2.75) is 78.6 Å². The van der Waals surface area contributed by atoms with Crippen LogP contribution in [0, 0.1) is 0 Å². The molecule has 0 saturated carbocycles. The number of hydrogen-bond acceptors (Lipinski definition) is 4. The molecule has 4 nitrogen and oxygen atoms in total. The summed E-state index contributed by atoms with van der Waals surface area (Å²) in [6.07, 6.45) is 4.90. The Balaban J connectivity index is 3.49. The van der Waals surface area contributed by atoms with E-state index < -0.39 is 0 Å². The Labute approximate surface area is 131 Å². The largest absolute Gasteiger partial charge is 0.379 e. The molecule has 0 rings (SSSR count). The lowest BCUT2D eigenvalue weighted by atomic mass is 10.3. The summed E-state index contributed by atoms with van der Waals surface area (Å²) in [5, 5.41) is 0. The highest BCUT2D eigenvalue weighted by Crippen LogP contribution is 2.02. The van der Waals surface area contributed by atoms with Gasteiger partial charge in [0, 0.05) is 13.2 Å². The van der Waals surface area contributed by atoms with E-state index in [4.69, 9.17) is 18.9 Å². The fourth-order valence-electron chi connectivity index (χ4n) is 1.67. The van der Waals surface area contributed by atoms with Gasteiger partial charge in [-0.05, 0) is 33.6 Å². The van der Waals surface area contributed by atoms with Crippen LogP contribution in [0.1, 0.15) is 60.3 Å². The van der Waals surface area contributed by atoms with Crippen LogP contribution >= 0.6 is 0 Å². The molecule has 0 bridgehead atoms. The van der Waals surface area contributed by atoms with Crippen LogP contribution in [0.5, 0.6) is 0 Å². The first-order chi connectivity index (χ1) is 10.1. The molecule has 0 aromatic carbocycles. The molecule has 0 spiro atoms. The predicted octanol–water partition coefficient (Wildman–Crippen LogP) is 3.82. The van der Waals surface area contributed by atoms with Gasteiger partial charge in [-0.15, -0.1) is 0 Å². The molecule has 0 radical (unpaired) electrons. The molecule has 0 N–H and O–H groups in total. The summed E-state index contributed by atoms with van der Waals surface area (Å²) in [5.41, 5.74) is 0. The van der Waals surface area contributed by atoms with Crippen molar-refractivity contribution in [3.05, 3.63) is 0 Å². The molecule has 3 atom stereocenters. The van der Waals surface area contributed by atoms with Gasteiger partial charge in [0.05, 0.1) is 38.1 Å². The molecule has 0 heterocycles. The van der Waals surface area contributed by atoms with Gasteiger partial charge in [-0.25, -0.2) is 0 Å². The third-order valence-electron chi connectivity index (χ3n) is 3.13. The van der Waals surface area contributed by atoms with Crippen molar-refractivity contribution < 1.29 is 18.9 Å². The Hall–Kier alpha value is -0.160. The van der Waals surface area contributed by atoms with Crippen LogP contribution in [0.2, 0.25) is 0 Å². The van der Waals surface area contributed by atoms with Gasteiger partial charge < -0.3 is 18.9 Å². The molecule has 0 aliphatic carbocycles. The van der Waals surface area contributed by atoms with Gasteiger partial charge >= 0.3 is 0 Å². The Kier molecular flexibility index (Phi) is 14.7. The molecular weight excluding hydrogens is 268 g/mol. The quantitative estimate of drug-likeness (QED) is 0.431. The summed E-state index contributed by atoms with van der Waals surface area (Å²) >= 11 is 0. The van der Waals surface area contributed by atoms with Gasteiger partial charge in [-0.3, -0.25) is 0 Å². The number of unbranched alkanes of at least 4 members (excludes halogenated alkanes) is 2. The standard InChI is InChI=1S/C17H36O4/c1-6-8-10-18-12-15(3)20-14-17(5)21-13-16(4)19-11-9-7-2/h15-17H,6-14H2,1-5H3. The zero-order valence-corrected chi connectivity index (χ0v) is 14.7. The highest BCUT2D eigenvalue weighted by Gasteiger charge is 2.09. The SMILES string of the molecule is CCCCOCC(C)OCC(C)OCC(C)OCCCC. The second kappa shape index (κ2) is 14.8. The summed E-state index contributed by atoms with van der Waals surface area (Å²) in [6.45, 7) is 14.0. The van der Waals surface area contributed by atoms with Crippen LogP contribution in [0.3, 0.4) is 0 Å². The van der Waals surface area contributed by atoms with Gasteiger partial charge in [0.1, 0.15) is 0 Å². The second-order valence-corrected chi connectivity index (χ2v) is 5.75. The minimum Gasteiger partial charge on any atom is -0.379 e. The smallest absolute Gasteiger partial charge is 0.0781 e. The van der Waals surface area contributed by atoms with Crippen molar-refractivity contribution in [1.82, 2.24) is 0 Å². The number of hydrogen-bond donors (Lipinski definition) is 0. The highest BCUT2D eigenvalue weighted by molar-refractivity contribution is 4.55. The van der Waals surface area contributed by atoms with Crippen molar-refractivity contribution in [3.63, 3.8) is 0 Å². The summed E-state index contributed by atoms with van der Waals surface area (Å²) in [5.74, 6) is 0. The van der Waals surface area contributed by atoms with E-state index in [9.17, 15) is 0 Å². The zero-order valence-electron chi connectivity index (χ0n) is 14.7. The van der Waals surface area contributed by atoms with E-state index in [1.807, 2.05) is 20.8 Å². The second-order valence-electron chi connectivity index (χ2n) is 5.75. The van der Waals surface area contributed by atoms with E-state index in [2.05, 4.69) is 13.8 Å². The number of rotatable bonds is 15. The molecule has 0 fully saturated rings. The molecule has 0 aliphatic rings. The van der Waals surface area contributed by atoms with Crippen LogP contribution in [0.25, 0.3) is 0 Å². The Morgan fingerprint density at radius 2 is 1.10 bits per heavy atom. The monoisotopic (exact) mass is 304 g/mol. The normalized spacial score (nSPS) is 15.9. The van der Waals surface area contributed by atoms with Gasteiger partial charge in [0.15, 0.2) is 0 Å². The van der Waals surface area contributed by atoms with Crippen molar-refractivity contribution in [1.29, 1.82) is 0 Å². The van der Waals surface area contributed by atoms with Gasteiger partial charge in [0.2, 0.25) is 0 Å². The minimum absolute atomic E-state index is 0.0836. The van der Waals surface area contributed by atoms with E-state index in [1.54, 1.807) is 0 Å². The fourth-order valence-corrected chi connectivity index (χ4v) is 1.67. The van der Waals surface area contributed by atoms with E-state index in [0.717, 1.165) is 32.5 Å². The minimum atomic E-state index is 0.0836. The van der Waals surface area contributed by atoms with E-state index in [1.165, 1.54) is 6.42 Å². The zero-order chi connectivity index (χ0) is 15.9. The van der Waals surface area contributed by atoms with Gasteiger partial charge in [-0.1, -0.05) is 26.7 Å². The average molecular weight is 304 g/mol. The van der Waals surface area contributed by atoms with E-state index >= 15 is 0 Å². The maximum atomic E-state index is 5.74. The van der Waals surface area contributed by atoms with Gasteiger partial charge in [0.25, 0.3) is 0 Å². The molecule has 0 aromatic heterocycles. The van der Waals surface area contributed by atoms with Crippen molar-refractivity contribution >= 4 is 0 Å². The first-order valence-electron chi connectivity index (χ1n) is 8.52. The Bertz CT molecular complexity index is 211. The maximum absolute atomic E-state index is 5.74. The molecular formula is C17H36O4. The van der Waals surface area contributed by atoms with Crippen LogP contribution in [-0.4, -0.2) is 51.3 Å². The lowest BCUT2D eigenvalue weighted by molar-refractivity contribution is -0.0800. The predicted molar refractivity (Wildman–Crippen MR) is 86.9 cm³/mol. The van der Waals surface area contributed by atoms with Crippen LogP contribution < -0.4 is 0 Å². The lowest BCUT2D eigenvalue weighted by Crippen LogP contribution is -2.26. The molecule has 0 amide bonds. The lowest BCUT2D eigenvalue weighted by Gasteiger charge is -2.20. The molecule has 0 aromatic rings. The third-order valence-corrected chi connectivity index (χ3v) is 3.13. The molecule has 4 heteroatoms. The van der Waals surface area contributed by atoms with E-state index in [-0.39, 0.29) is 18.3 Å². The van der Waals surface area contributed by atoms with Crippen LogP contribution in [-0.2, 0) is 18.9 Å². The fraction of sp³-hybridized carbons (Fsp3) is 1.00. The number of ether oxygens (including phenoxy) is 4.